The molecule has 1 aliphatic heterocycles. The molecular formula is C17H15B4N7O2S. The van der Waals surface area contributed by atoms with Crippen molar-refractivity contribution in [3.05, 3.63) is 41.6 Å². The molecule has 1 aliphatic rings. The van der Waals surface area contributed by atoms with Crippen LogP contribution in [0.5, 0.6) is 0 Å². The maximum Gasteiger partial charge on any atom is 0.245 e. The summed E-state index contributed by atoms with van der Waals surface area (Å²) in [5, 5.41) is 13.5. The van der Waals surface area contributed by atoms with Gasteiger partial charge in [0.25, 0.3) is 0 Å². The molecule has 0 spiro atoms. The third-order valence-electron chi connectivity index (χ3n) is 5.54. The number of sulfonamides is 1. The van der Waals surface area contributed by atoms with Gasteiger partial charge in [-0.25, -0.2) is 22.2 Å². The van der Waals surface area contributed by atoms with Crippen LogP contribution in [0.4, 0.5) is 0 Å². The topological polar surface area (TPSA) is 109 Å². The number of pyridine rings is 1. The summed E-state index contributed by atoms with van der Waals surface area (Å²) in [7, 11) is 22.2. The second-order valence-corrected chi connectivity index (χ2v) is 9.68. The molecule has 9 nitrogen and oxygen atoms in total. The molecule has 0 amide bonds. The lowest BCUT2D eigenvalue weighted by atomic mass is 9.46. The predicted molar refractivity (Wildman–Crippen MR) is 115 cm³/mol. The van der Waals surface area contributed by atoms with Crippen molar-refractivity contribution < 1.29 is 8.42 Å². The summed E-state index contributed by atoms with van der Waals surface area (Å²) in [4.78, 5) is 3.79. The van der Waals surface area contributed by atoms with E-state index in [4.69, 9.17) is 31.4 Å². The molecule has 0 aromatic carbocycles. The number of fused-ring (bicyclic) bond motifs is 1. The SMILES string of the molecule is [B]C1([B])CC(c2cn3ncnc3cc2C)CC([B])([B])N1S(=O)(=O)c1cnn(C)c1C#N. The molecule has 0 atom stereocenters. The Labute approximate surface area is 185 Å². The number of hydrogen-bond acceptors (Lipinski definition) is 6. The minimum absolute atomic E-state index is 0.0333. The Balaban J connectivity index is 1.78. The number of rotatable bonds is 3. The Morgan fingerprint density at radius 2 is 1.84 bits per heavy atom. The molecule has 0 bridgehead atoms. The van der Waals surface area contributed by atoms with E-state index in [1.54, 1.807) is 10.7 Å². The standard InChI is InChI=1S/C17H15B4N7O2S/c1-10-3-15-23-9-25-27(15)8-12(10)11-4-16(18,19)28(17(20,21)5-11)31(29,30)14-7-24-26(2)13(14)6-22/h3,7-9,11H,4-5H2,1-2H3. The maximum absolute atomic E-state index is 13.4. The minimum atomic E-state index is -4.44. The van der Waals surface area contributed by atoms with Crippen molar-refractivity contribution in [3.63, 3.8) is 0 Å². The number of aromatic nitrogens is 5. The number of aryl methyl sites for hydroxylation is 2. The van der Waals surface area contributed by atoms with Crippen molar-refractivity contribution in [1.29, 1.82) is 5.26 Å². The number of hydrogen-bond donors (Lipinski definition) is 0. The van der Waals surface area contributed by atoms with Gasteiger partial charge in [-0.3, -0.25) is 4.68 Å². The van der Waals surface area contributed by atoms with Crippen LogP contribution < -0.4 is 0 Å². The highest BCUT2D eigenvalue weighted by Gasteiger charge is 2.51. The molecule has 31 heavy (non-hydrogen) atoms. The second kappa shape index (κ2) is 7.00. The van der Waals surface area contributed by atoms with Crippen LogP contribution in [0.25, 0.3) is 5.65 Å². The number of nitriles is 1. The zero-order chi connectivity index (χ0) is 22.8. The van der Waals surface area contributed by atoms with Crippen LogP contribution >= 0.6 is 0 Å². The van der Waals surface area contributed by atoms with Crippen molar-refractivity contribution in [3.8, 4) is 6.07 Å². The summed E-state index contributed by atoms with van der Waals surface area (Å²) >= 11 is 0. The zero-order valence-corrected chi connectivity index (χ0v) is 17.8. The number of piperidine rings is 1. The van der Waals surface area contributed by atoms with E-state index in [1.165, 1.54) is 13.4 Å². The molecule has 1 fully saturated rings. The van der Waals surface area contributed by atoms with E-state index in [0.29, 0.717) is 9.95 Å². The molecule has 0 saturated carbocycles. The fourth-order valence-electron chi connectivity index (χ4n) is 4.31. The lowest BCUT2D eigenvalue weighted by Crippen LogP contribution is -2.68. The zero-order valence-electron chi connectivity index (χ0n) is 17.0. The van der Waals surface area contributed by atoms with Gasteiger partial charge in [0.15, 0.2) is 11.3 Å². The summed E-state index contributed by atoms with van der Waals surface area (Å²) in [6.45, 7) is 1.89. The van der Waals surface area contributed by atoms with Crippen LogP contribution in [-0.4, -0.2) is 79.2 Å². The molecule has 0 N–H and O–H groups in total. The summed E-state index contributed by atoms with van der Waals surface area (Å²) in [6.07, 6.45) is 4.33. The highest BCUT2D eigenvalue weighted by molar-refractivity contribution is 7.89. The monoisotopic (exact) mass is 425 g/mol. The Morgan fingerprint density at radius 3 is 2.45 bits per heavy atom. The first-order valence-corrected chi connectivity index (χ1v) is 10.8. The lowest BCUT2D eigenvalue weighted by molar-refractivity contribution is 0.208. The Kier molecular flexibility index (Phi) is 4.90. The Morgan fingerprint density at radius 1 is 1.19 bits per heavy atom. The van der Waals surface area contributed by atoms with Gasteiger partial charge in [-0.2, -0.15) is 15.5 Å². The minimum Gasteiger partial charge on any atom is -0.257 e. The first-order valence-electron chi connectivity index (χ1n) is 9.31. The molecule has 4 rings (SSSR count). The largest absolute Gasteiger partial charge is 0.257 e. The van der Waals surface area contributed by atoms with Gasteiger partial charge in [-0.1, -0.05) is 0 Å². The quantitative estimate of drug-likeness (QED) is 0.509. The van der Waals surface area contributed by atoms with Crippen molar-refractivity contribution in [2.24, 2.45) is 7.05 Å². The van der Waals surface area contributed by atoms with Crippen molar-refractivity contribution in [2.75, 3.05) is 0 Å². The van der Waals surface area contributed by atoms with E-state index >= 15 is 0 Å². The number of nitrogens with zero attached hydrogens (tertiary/aromatic N) is 7. The van der Waals surface area contributed by atoms with Gasteiger partial charge in [0, 0.05) is 13.2 Å². The molecule has 148 valence electrons. The van der Waals surface area contributed by atoms with Crippen LogP contribution in [0.1, 0.15) is 35.6 Å². The first kappa shape index (κ1) is 21.7. The average molecular weight is 425 g/mol. The molecule has 1 saturated heterocycles. The fourth-order valence-corrected chi connectivity index (χ4v) is 6.16. The van der Waals surface area contributed by atoms with E-state index in [2.05, 4.69) is 15.2 Å². The molecule has 8 radical (unpaired) electrons. The normalized spacial score (nSPS) is 19.4. The average Bonchev–Trinajstić information content (AvgIpc) is 3.24. The van der Waals surface area contributed by atoms with Gasteiger partial charge < -0.3 is 0 Å². The molecule has 3 aromatic heterocycles. The van der Waals surface area contributed by atoms with Gasteiger partial charge in [-0.05, 0) is 53.6 Å². The van der Waals surface area contributed by atoms with Gasteiger partial charge in [-0.15, -0.1) is 0 Å². The summed E-state index contributed by atoms with van der Waals surface area (Å²) in [5.74, 6) is -0.352. The van der Waals surface area contributed by atoms with Gasteiger partial charge in [0.1, 0.15) is 17.3 Å². The van der Waals surface area contributed by atoms with Gasteiger partial charge in [0.05, 0.1) is 37.6 Å². The smallest absolute Gasteiger partial charge is 0.245 e. The second-order valence-electron chi connectivity index (χ2n) is 7.92. The van der Waals surface area contributed by atoms with Crippen LogP contribution in [0.15, 0.2) is 29.7 Å². The fraction of sp³-hybridized carbons (Fsp3) is 0.412. The van der Waals surface area contributed by atoms with Gasteiger partial charge in [0.2, 0.25) is 10.0 Å². The van der Waals surface area contributed by atoms with Crippen molar-refractivity contribution in [2.45, 2.75) is 41.3 Å². The molecule has 0 unspecified atom stereocenters. The van der Waals surface area contributed by atoms with Crippen LogP contribution in [0, 0.1) is 18.3 Å². The highest BCUT2D eigenvalue weighted by Crippen LogP contribution is 2.45. The first-order chi connectivity index (χ1) is 14.4. The third kappa shape index (κ3) is 3.40. The molecule has 14 heteroatoms. The maximum atomic E-state index is 13.4. The van der Waals surface area contributed by atoms with Crippen LogP contribution in [-0.2, 0) is 17.1 Å². The third-order valence-corrected chi connectivity index (χ3v) is 7.55. The summed E-state index contributed by atoms with van der Waals surface area (Å²) < 4.78 is 30.3. The Bertz CT molecular complexity index is 1310. The lowest BCUT2D eigenvalue weighted by Gasteiger charge is -2.56. The van der Waals surface area contributed by atoms with E-state index in [9.17, 15) is 13.7 Å². The van der Waals surface area contributed by atoms with E-state index < -0.39 is 20.7 Å². The van der Waals surface area contributed by atoms with E-state index in [0.717, 1.165) is 22.0 Å². The van der Waals surface area contributed by atoms with Crippen molar-refractivity contribution in [1.82, 2.24) is 28.7 Å². The van der Waals surface area contributed by atoms with Gasteiger partial charge >= 0.3 is 0 Å². The Hall–Kier alpha value is -2.51. The molecule has 0 aliphatic carbocycles. The summed E-state index contributed by atoms with van der Waals surface area (Å²) in [5.41, 5.74) is 2.21. The summed E-state index contributed by atoms with van der Waals surface area (Å²) in [6, 6.07) is 3.67. The highest BCUT2D eigenvalue weighted by atomic mass is 32.2. The molecule has 4 heterocycles. The predicted octanol–water partition coefficient (Wildman–Crippen LogP) is -0.807. The van der Waals surface area contributed by atoms with Crippen LogP contribution in [0.3, 0.4) is 0 Å². The van der Waals surface area contributed by atoms with E-state index in [-0.39, 0.29) is 29.3 Å². The van der Waals surface area contributed by atoms with Crippen LogP contribution in [0.2, 0.25) is 0 Å². The van der Waals surface area contributed by atoms with E-state index in [1.807, 2.05) is 19.1 Å². The van der Waals surface area contributed by atoms with Crippen molar-refractivity contribution >= 4 is 47.1 Å². The molecule has 3 aromatic rings. The molecular weight excluding hydrogens is 410 g/mol.